The summed E-state index contributed by atoms with van der Waals surface area (Å²) in [5.41, 5.74) is 5.97. The van der Waals surface area contributed by atoms with E-state index in [0.717, 1.165) is 17.4 Å². The lowest BCUT2D eigenvalue weighted by Crippen LogP contribution is -2.29. The number of nitrogens with zero attached hydrogens (tertiary/aromatic N) is 3. The lowest BCUT2D eigenvalue weighted by atomic mass is 9.97. The van der Waals surface area contributed by atoms with Crippen LogP contribution in [0.25, 0.3) is 5.69 Å². The Kier molecular flexibility index (Phi) is 4.70. The highest BCUT2D eigenvalue weighted by Crippen LogP contribution is 2.41. The number of aromatic nitrogens is 2. The van der Waals surface area contributed by atoms with Crippen molar-refractivity contribution in [3.05, 3.63) is 83.4 Å². The first-order chi connectivity index (χ1) is 13.1. The van der Waals surface area contributed by atoms with E-state index >= 15 is 0 Å². The average Bonchev–Trinajstić information content (AvgIpc) is 3.18. The van der Waals surface area contributed by atoms with Crippen LogP contribution in [-0.4, -0.2) is 26.1 Å². The van der Waals surface area contributed by atoms with E-state index in [1.165, 1.54) is 22.6 Å². The standard InChI is InChI=1S/C22H24N4S/c1-4-25-21(20(24-22(25)27)19-12-8-9-13-23-19)18-14-15(2)26(16(18)3)17-10-6-5-7-11-17/h5-14,20-21H,4H2,1-3H3,(H,24,27)/t20-,21-/m0/s1. The number of nitrogens with one attached hydrogen (secondary N) is 1. The van der Waals surface area contributed by atoms with Gasteiger partial charge >= 0.3 is 0 Å². The fraction of sp³-hybridized carbons (Fsp3) is 0.273. The normalized spacial score (nSPS) is 19.4. The van der Waals surface area contributed by atoms with Gasteiger partial charge in [-0.25, -0.2) is 0 Å². The van der Waals surface area contributed by atoms with Gasteiger partial charge in [-0.05, 0) is 68.9 Å². The van der Waals surface area contributed by atoms with E-state index in [4.69, 9.17) is 12.2 Å². The van der Waals surface area contributed by atoms with Crippen LogP contribution in [0, 0.1) is 13.8 Å². The van der Waals surface area contributed by atoms with Crippen LogP contribution in [0.4, 0.5) is 0 Å². The van der Waals surface area contributed by atoms with Gasteiger partial charge in [-0.15, -0.1) is 0 Å². The van der Waals surface area contributed by atoms with Crippen molar-refractivity contribution >= 4 is 17.3 Å². The number of aryl methyl sites for hydroxylation is 1. The zero-order chi connectivity index (χ0) is 19.0. The molecule has 0 saturated carbocycles. The van der Waals surface area contributed by atoms with Gasteiger partial charge in [0.15, 0.2) is 5.11 Å². The first-order valence-corrected chi connectivity index (χ1v) is 9.75. The predicted molar refractivity (Wildman–Crippen MR) is 113 cm³/mol. The zero-order valence-corrected chi connectivity index (χ0v) is 16.7. The van der Waals surface area contributed by atoms with Crippen molar-refractivity contribution in [3.8, 4) is 5.69 Å². The molecule has 0 aliphatic carbocycles. The molecule has 2 atom stereocenters. The third-order valence-corrected chi connectivity index (χ3v) is 5.69. The number of thiocarbonyl (C=S) groups is 1. The lowest BCUT2D eigenvalue weighted by molar-refractivity contribution is 0.329. The van der Waals surface area contributed by atoms with Crippen LogP contribution < -0.4 is 5.32 Å². The smallest absolute Gasteiger partial charge is 0.170 e. The minimum atomic E-state index is 0.0448. The number of pyridine rings is 1. The molecular formula is C22H24N4S. The summed E-state index contributed by atoms with van der Waals surface area (Å²) < 4.78 is 2.32. The molecule has 2 aromatic heterocycles. The molecule has 0 amide bonds. The quantitative estimate of drug-likeness (QED) is 0.681. The first-order valence-electron chi connectivity index (χ1n) is 9.34. The van der Waals surface area contributed by atoms with Gasteiger partial charge in [0.25, 0.3) is 0 Å². The monoisotopic (exact) mass is 376 g/mol. The van der Waals surface area contributed by atoms with Crippen molar-refractivity contribution in [3.63, 3.8) is 0 Å². The summed E-state index contributed by atoms with van der Waals surface area (Å²) in [5.74, 6) is 0. The molecule has 5 heteroatoms. The second kappa shape index (κ2) is 7.16. The SMILES string of the molecule is CCN1C(=S)N[C@@H](c2ccccn2)[C@@H]1c1cc(C)n(-c2ccccc2)c1C. The van der Waals surface area contributed by atoms with Crippen LogP contribution in [0.3, 0.4) is 0 Å². The van der Waals surface area contributed by atoms with Gasteiger partial charge < -0.3 is 14.8 Å². The number of hydrogen-bond donors (Lipinski definition) is 1. The molecule has 1 aromatic carbocycles. The van der Waals surface area contributed by atoms with E-state index in [2.05, 4.69) is 76.9 Å². The van der Waals surface area contributed by atoms with Crippen molar-refractivity contribution < 1.29 is 0 Å². The molecule has 1 aliphatic heterocycles. The highest BCUT2D eigenvalue weighted by Gasteiger charge is 2.40. The van der Waals surface area contributed by atoms with Gasteiger partial charge in [0.1, 0.15) is 0 Å². The molecule has 27 heavy (non-hydrogen) atoms. The number of hydrogen-bond acceptors (Lipinski definition) is 2. The van der Waals surface area contributed by atoms with Gasteiger partial charge in [-0.2, -0.15) is 0 Å². The van der Waals surface area contributed by atoms with Gasteiger partial charge in [-0.3, -0.25) is 4.98 Å². The van der Waals surface area contributed by atoms with Gasteiger partial charge in [-0.1, -0.05) is 24.3 Å². The predicted octanol–water partition coefficient (Wildman–Crippen LogP) is 4.48. The largest absolute Gasteiger partial charge is 0.352 e. The molecule has 138 valence electrons. The van der Waals surface area contributed by atoms with Gasteiger partial charge in [0.2, 0.25) is 0 Å². The van der Waals surface area contributed by atoms with E-state index < -0.39 is 0 Å². The van der Waals surface area contributed by atoms with Crippen LogP contribution in [-0.2, 0) is 0 Å². The summed E-state index contributed by atoms with van der Waals surface area (Å²) in [6.45, 7) is 7.36. The van der Waals surface area contributed by atoms with Crippen LogP contribution in [0.2, 0.25) is 0 Å². The van der Waals surface area contributed by atoms with E-state index in [9.17, 15) is 0 Å². The molecule has 0 bridgehead atoms. The van der Waals surface area contributed by atoms with E-state index in [0.29, 0.717) is 0 Å². The van der Waals surface area contributed by atoms with E-state index in [1.54, 1.807) is 0 Å². The highest BCUT2D eigenvalue weighted by molar-refractivity contribution is 7.80. The Morgan fingerprint density at radius 2 is 1.81 bits per heavy atom. The Balaban J connectivity index is 1.84. The molecule has 0 radical (unpaired) electrons. The molecule has 4 nitrogen and oxygen atoms in total. The minimum Gasteiger partial charge on any atom is -0.352 e. The van der Waals surface area contributed by atoms with Crippen molar-refractivity contribution in [2.45, 2.75) is 32.9 Å². The Morgan fingerprint density at radius 3 is 2.48 bits per heavy atom. The van der Waals surface area contributed by atoms with E-state index in [1.807, 2.05) is 24.4 Å². The maximum absolute atomic E-state index is 5.65. The lowest BCUT2D eigenvalue weighted by Gasteiger charge is -2.27. The van der Waals surface area contributed by atoms with Crippen LogP contribution in [0.15, 0.2) is 60.8 Å². The van der Waals surface area contributed by atoms with Crippen molar-refractivity contribution in [2.24, 2.45) is 0 Å². The Morgan fingerprint density at radius 1 is 1.07 bits per heavy atom. The summed E-state index contributed by atoms with van der Waals surface area (Å²) in [4.78, 5) is 6.87. The summed E-state index contributed by atoms with van der Waals surface area (Å²) in [5, 5.41) is 4.30. The number of para-hydroxylation sites is 1. The van der Waals surface area contributed by atoms with Crippen molar-refractivity contribution in [1.29, 1.82) is 0 Å². The van der Waals surface area contributed by atoms with Crippen LogP contribution in [0.1, 0.15) is 41.7 Å². The maximum Gasteiger partial charge on any atom is 0.170 e. The Bertz CT molecular complexity index is 949. The summed E-state index contributed by atoms with van der Waals surface area (Å²) >= 11 is 5.65. The van der Waals surface area contributed by atoms with Crippen molar-refractivity contribution in [2.75, 3.05) is 6.54 Å². The maximum atomic E-state index is 5.65. The Hall–Kier alpha value is -2.66. The third-order valence-electron chi connectivity index (χ3n) is 5.34. The van der Waals surface area contributed by atoms with Gasteiger partial charge in [0, 0.05) is 29.8 Å². The molecule has 1 saturated heterocycles. The second-order valence-corrected chi connectivity index (χ2v) is 7.30. The molecule has 1 fully saturated rings. The minimum absolute atomic E-state index is 0.0448. The fourth-order valence-electron chi connectivity index (χ4n) is 4.15. The molecule has 3 heterocycles. The van der Waals surface area contributed by atoms with Crippen LogP contribution >= 0.6 is 12.2 Å². The molecular weight excluding hydrogens is 352 g/mol. The van der Waals surface area contributed by atoms with Crippen LogP contribution in [0.5, 0.6) is 0 Å². The Labute approximate surface area is 165 Å². The first kappa shape index (κ1) is 17.7. The molecule has 0 unspecified atom stereocenters. The second-order valence-electron chi connectivity index (χ2n) is 6.91. The third kappa shape index (κ3) is 3.02. The fourth-order valence-corrected chi connectivity index (χ4v) is 4.52. The van der Waals surface area contributed by atoms with Crippen molar-refractivity contribution in [1.82, 2.24) is 19.8 Å². The molecule has 0 spiro atoms. The van der Waals surface area contributed by atoms with Gasteiger partial charge in [0.05, 0.1) is 17.8 Å². The topological polar surface area (TPSA) is 33.1 Å². The highest BCUT2D eigenvalue weighted by atomic mass is 32.1. The number of likely N-dealkylation sites (N-methyl/N-ethyl adjacent to an activating group) is 1. The molecule has 3 aromatic rings. The number of rotatable bonds is 4. The number of benzene rings is 1. The average molecular weight is 377 g/mol. The summed E-state index contributed by atoms with van der Waals surface area (Å²) in [6, 6.07) is 19.0. The van der Waals surface area contributed by atoms with E-state index in [-0.39, 0.29) is 12.1 Å². The molecule has 4 rings (SSSR count). The zero-order valence-electron chi connectivity index (χ0n) is 15.9. The summed E-state index contributed by atoms with van der Waals surface area (Å²) in [6.07, 6.45) is 1.85. The summed E-state index contributed by atoms with van der Waals surface area (Å²) in [7, 11) is 0. The molecule has 1 aliphatic rings. The molecule has 1 N–H and O–H groups in total.